The lowest BCUT2D eigenvalue weighted by Gasteiger charge is -2.14. The highest BCUT2D eigenvalue weighted by Gasteiger charge is 2.27. The predicted molar refractivity (Wildman–Crippen MR) is 129 cm³/mol. The maximum atomic E-state index is 12.4. The summed E-state index contributed by atoms with van der Waals surface area (Å²) in [4.78, 5) is 7.31. The Morgan fingerprint density at radius 1 is 1.21 bits per heavy atom. The molecule has 1 fully saturated rings. The summed E-state index contributed by atoms with van der Waals surface area (Å²) >= 11 is 0.758. The summed E-state index contributed by atoms with van der Waals surface area (Å²) in [5.41, 5.74) is 8.33. The molecule has 34 heavy (non-hydrogen) atoms. The van der Waals surface area contributed by atoms with Gasteiger partial charge in [0.2, 0.25) is 15.8 Å². The molecule has 0 saturated carbocycles. The maximum absolute atomic E-state index is 12.4. The summed E-state index contributed by atoms with van der Waals surface area (Å²) < 4.78 is 24.7. The highest BCUT2D eigenvalue weighted by Crippen LogP contribution is 2.41. The second-order valence-corrected chi connectivity index (χ2v) is 9.75. The van der Waals surface area contributed by atoms with Crippen LogP contribution in [-0.4, -0.2) is 63.8 Å². The Hall–Kier alpha value is -3.08. The van der Waals surface area contributed by atoms with Gasteiger partial charge in [-0.25, -0.2) is 18.5 Å². The van der Waals surface area contributed by atoms with Crippen molar-refractivity contribution >= 4 is 39.0 Å². The third kappa shape index (κ3) is 4.89. The number of imidazole rings is 1. The summed E-state index contributed by atoms with van der Waals surface area (Å²) in [7, 11) is -4.16. The molecule has 2 aromatic carbocycles. The molecule has 1 saturated heterocycles. The van der Waals surface area contributed by atoms with Crippen LogP contribution in [0.2, 0.25) is 0 Å². The predicted octanol–water partition coefficient (Wildman–Crippen LogP) is 0.194. The number of anilines is 1. The molecule has 0 bridgehead atoms. The van der Waals surface area contributed by atoms with Crippen molar-refractivity contribution in [2.24, 2.45) is 16.2 Å². The van der Waals surface area contributed by atoms with Crippen molar-refractivity contribution in [2.75, 3.05) is 25.4 Å². The van der Waals surface area contributed by atoms with Crippen LogP contribution in [0, 0.1) is 5.92 Å². The summed E-state index contributed by atoms with van der Waals surface area (Å²) in [5.74, 6) is 0.838. The second-order valence-electron chi connectivity index (χ2n) is 7.58. The van der Waals surface area contributed by atoms with Gasteiger partial charge >= 0.3 is 0 Å². The lowest BCUT2D eigenvalue weighted by molar-refractivity contribution is 0.237. The van der Waals surface area contributed by atoms with Crippen molar-refractivity contribution < 1.29 is 13.5 Å². The first-order chi connectivity index (χ1) is 16.3. The van der Waals surface area contributed by atoms with E-state index in [1.807, 2.05) is 0 Å². The molecule has 15 heteroatoms. The third-order valence-corrected chi connectivity index (χ3v) is 7.06. The van der Waals surface area contributed by atoms with Crippen molar-refractivity contribution in [1.82, 2.24) is 35.9 Å². The average molecular weight is 505 g/mol. The second kappa shape index (κ2) is 10.0. The molecule has 5 rings (SSSR count). The summed E-state index contributed by atoms with van der Waals surface area (Å²) in [5, 5.41) is 36.5. The Balaban J connectivity index is 0.000000336. The van der Waals surface area contributed by atoms with Gasteiger partial charge in [-0.15, -0.1) is 10.2 Å². The van der Waals surface area contributed by atoms with Gasteiger partial charge in [0.15, 0.2) is 5.95 Å². The number of aromatic amines is 2. The van der Waals surface area contributed by atoms with E-state index in [0.29, 0.717) is 34.7 Å². The van der Waals surface area contributed by atoms with E-state index >= 15 is 0 Å². The highest BCUT2D eigenvalue weighted by atomic mass is 32.2. The van der Waals surface area contributed by atoms with E-state index in [0.717, 1.165) is 31.5 Å². The van der Waals surface area contributed by atoms with Gasteiger partial charge in [-0.2, -0.15) is 5.21 Å². The fraction of sp³-hybridized carbons (Fsp3) is 0.263. The van der Waals surface area contributed by atoms with Gasteiger partial charge in [0.05, 0.1) is 16.6 Å². The van der Waals surface area contributed by atoms with Gasteiger partial charge in [0.25, 0.3) is 0 Å². The molecule has 180 valence electrons. The number of hydrogen-bond donors (Lipinski definition) is 7. The minimum absolute atomic E-state index is 0.0606. The summed E-state index contributed by atoms with van der Waals surface area (Å²) in [6, 6.07) is 8.65. The van der Waals surface area contributed by atoms with Crippen LogP contribution in [-0.2, 0) is 10.0 Å². The minimum Gasteiger partial charge on any atom is -0.396 e. The first-order valence-electron chi connectivity index (χ1n) is 10.2. The number of benzene rings is 2. The summed E-state index contributed by atoms with van der Waals surface area (Å²) in [6.45, 7) is 2.45. The topological polar surface area (TPSA) is 228 Å². The van der Waals surface area contributed by atoms with Crippen molar-refractivity contribution in [3.8, 4) is 22.5 Å². The number of aliphatic hydroxyl groups excluding tert-OH is 1. The molecule has 0 radical (unpaired) electrons. The smallest absolute Gasteiger partial charge is 0.239 e. The van der Waals surface area contributed by atoms with Crippen LogP contribution in [0.15, 0.2) is 40.1 Å². The van der Waals surface area contributed by atoms with E-state index in [-0.39, 0.29) is 27.1 Å². The van der Waals surface area contributed by atoms with Crippen LogP contribution in [0.4, 0.5) is 5.95 Å². The number of para-hydroxylation sites is 1. The van der Waals surface area contributed by atoms with Crippen molar-refractivity contribution in [2.45, 2.75) is 16.2 Å². The zero-order chi connectivity index (χ0) is 24.3. The van der Waals surface area contributed by atoms with Crippen LogP contribution in [0.3, 0.4) is 0 Å². The number of H-pyrrole nitrogens is 2. The number of nitrogens with one attached hydrogen (secondary N) is 3. The van der Waals surface area contributed by atoms with Gasteiger partial charge in [0, 0.05) is 23.6 Å². The maximum Gasteiger partial charge on any atom is 0.239 e. The third-order valence-electron chi connectivity index (χ3n) is 5.34. The minimum atomic E-state index is -4.16. The Bertz CT molecular complexity index is 1380. The van der Waals surface area contributed by atoms with E-state index in [4.69, 9.17) is 21.1 Å². The fourth-order valence-corrected chi connectivity index (χ4v) is 5.47. The Morgan fingerprint density at radius 2 is 2.03 bits per heavy atom. The SMILES string of the molecule is NSc1ccc(-c2cccc3[nH]c(N)nc23)c(-c2nn[nH]n2)c1S(N)(=O)=O.OCC1CCNC1. The average Bonchev–Trinajstić information content (AvgIpc) is 3.58. The number of nitrogens with two attached hydrogens (primary N) is 3. The Kier molecular flexibility index (Phi) is 7.11. The van der Waals surface area contributed by atoms with E-state index in [2.05, 4.69) is 35.9 Å². The number of aliphatic hydroxyl groups is 1. The molecule has 1 unspecified atom stereocenters. The number of hydrogen-bond acceptors (Lipinski definition) is 11. The van der Waals surface area contributed by atoms with E-state index in [1.54, 1.807) is 30.3 Å². The monoisotopic (exact) mass is 504 g/mol. The van der Waals surface area contributed by atoms with E-state index in [1.165, 1.54) is 0 Å². The zero-order valence-corrected chi connectivity index (χ0v) is 19.5. The van der Waals surface area contributed by atoms with Crippen LogP contribution in [0.5, 0.6) is 0 Å². The molecule has 1 atom stereocenters. The van der Waals surface area contributed by atoms with Gasteiger partial charge in [0.1, 0.15) is 4.90 Å². The number of tetrazole rings is 1. The number of rotatable bonds is 5. The number of primary sulfonamides is 1. The molecule has 3 heterocycles. The van der Waals surface area contributed by atoms with Gasteiger partial charge < -0.3 is 21.1 Å². The summed E-state index contributed by atoms with van der Waals surface area (Å²) in [6.07, 6.45) is 1.15. The zero-order valence-electron chi connectivity index (χ0n) is 17.9. The molecule has 4 aromatic rings. The Morgan fingerprint density at radius 3 is 2.62 bits per heavy atom. The van der Waals surface area contributed by atoms with E-state index < -0.39 is 10.0 Å². The number of aromatic nitrogens is 6. The molecule has 10 N–H and O–H groups in total. The molecule has 1 aliphatic rings. The molecular formula is C19H24N10O3S2. The number of fused-ring (bicyclic) bond motifs is 1. The van der Waals surface area contributed by atoms with Crippen LogP contribution < -0.4 is 21.3 Å². The van der Waals surface area contributed by atoms with Gasteiger partial charge in [-0.3, -0.25) is 5.14 Å². The van der Waals surface area contributed by atoms with Gasteiger partial charge in [-0.05, 0) is 53.7 Å². The standard InChI is InChI=1S/C14H13N9O2S2.C5H11NO/c15-14-18-8-3-1-2-7(11(8)19-14)6-4-5-9(26-16)12(27(17,24)25)10(6)13-20-22-23-21-13;7-4-5-1-2-6-3-5/h1-5H,16H2,(H3,15,18,19)(H2,17,24,25)(H,20,21,22,23);5-7H,1-4H2. The molecule has 0 spiro atoms. The largest absolute Gasteiger partial charge is 0.396 e. The molecule has 13 nitrogen and oxygen atoms in total. The molecular weight excluding hydrogens is 480 g/mol. The van der Waals surface area contributed by atoms with E-state index in [9.17, 15) is 8.42 Å². The molecule has 2 aromatic heterocycles. The highest BCUT2D eigenvalue weighted by molar-refractivity contribution is 7.98. The first-order valence-corrected chi connectivity index (χ1v) is 12.6. The molecule has 0 aliphatic carbocycles. The number of nitrogen functional groups attached to an aromatic ring is 1. The van der Waals surface area contributed by atoms with Gasteiger partial charge in [-0.1, -0.05) is 18.2 Å². The molecule has 0 amide bonds. The fourth-order valence-electron chi connectivity index (χ4n) is 3.79. The van der Waals surface area contributed by atoms with Crippen LogP contribution in [0.1, 0.15) is 6.42 Å². The normalized spacial score (nSPS) is 15.9. The molecule has 1 aliphatic heterocycles. The first kappa shape index (κ1) is 24.1. The quantitative estimate of drug-likeness (QED) is 0.181. The lowest BCUT2D eigenvalue weighted by Crippen LogP contribution is -2.16. The number of nitrogens with zero attached hydrogens (tertiary/aromatic N) is 4. The number of sulfonamides is 1. The van der Waals surface area contributed by atoms with Crippen molar-refractivity contribution in [1.29, 1.82) is 0 Å². The lowest BCUT2D eigenvalue weighted by atomic mass is 9.98. The Labute approximate surface area is 199 Å². The van der Waals surface area contributed by atoms with Crippen molar-refractivity contribution in [3.05, 3.63) is 30.3 Å². The van der Waals surface area contributed by atoms with Crippen molar-refractivity contribution in [3.63, 3.8) is 0 Å². The van der Waals surface area contributed by atoms with Crippen LogP contribution in [0.25, 0.3) is 33.5 Å². The van der Waals surface area contributed by atoms with Crippen LogP contribution >= 0.6 is 11.9 Å².